The van der Waals surface area contributed by atoms with Crippen LogP contribution in [0.15, 0.2) is 24.3 Å². The molecule has 0 aromatic heterocycles. The molecule has 1 aliphatic heterocycles. The number of likely N-dealkylation sites (tertiary alicyclic amines) is 1. The number of ketones is 1. The number of aliphatic hydroxyl groups excluding tert-OH is 1. The Bertz CT molecular complexity index is 450. The largest absolute Gasteiger partial charge is 0.491 e. The Morgan fingerprint density at radius 1 is 1.33 bits per heavy atom. The number of carbonyl (C=O) groups excluding carboxylic acids is 1. The van der Waals surface area contributed by atoms with Crippen LogP contribution in [0.2, 0.25) is 0 Å². The summed E-state index contributed by atoms with van der Waals surface area (Å²) in [6.45, 7) is 6.89. The lowest BCUT2D eigenvalue weighted by atomic mass is 9.99. The van der Waals surface area contributed by atoms with Gasteiger partial charge in [0, 0.05) is 12.1 Å². The van der Waals surface area contributed by atoms with Gasteiger partial charge in [-0.1, -0.05) is 6.92 Å². The predicted molar refractivity (Wildman–Crippen MR) is 82.8 cm³/mol. The standard InChI is InChI=1S/C17H25NO3/c1-13-7-9-18(10-8-13)11-16(20)12-21-17-5-3-15(4-6-17)14(2)19/h3-6,13,16,20H,7-12H2,1-2H3/t16-/m1/s1. The molecule has 0 bridgehead atoms. The molecule has 0 unspecified atom stereocenters. The van der Waals surface area contributed by atoms with Crippen molar-refractivity contribution in [1.29, 1.82) is 0 Å². The van der Waals surface area contributed by atoms with Crippen LogP contribution < -0.4 is 4.74 Å². The number of β-amino-alcohol motifs (C(OH)–C–C–N with tert-alkyl or cyclic N) is 1. The minimum absolute atomic E-state index is 0.0425. The summed E-state index contributed by atoms with van der Waals surface area (Å²) < 4.78 is 5.58. The zero-order chi connectivity index (χ0) is 15.2. The topological polar surface area (TPSA) is 49.8 Å². The third-order valence-corrected chi connectivity index (χ3v) is 4.05. The molecule has 1 aromatic carbocycles. The second-order valence-electron chi connectivity index (χ2n) is 6.03. The van der Waals surface area contributed by atoms with E-state index in [9.17, 15) is 9.90 Å². The third kappa shape index (κ3) is 5.14. The lowest BCUT2D eigenvalue weighted by Crippen LogP contribution is -2.40. The minimum atomic E-state index is -0.481. The van der Waals surface area contributed by atoms with Crippen LogP contribution in [0.3, 0.4) is 0 Å². The van der Waals surface area contributed by atoms with Crippen molar-refractivity contribution in [2.75, 3.05) is 26.2 Å². The Labute approximate surface area is 126 Å². The summed E-state index contributed by atoms with van der Waals surface area (Å²) in [5.74, 6) is 1.53. The summed E-state index contributed by atoms with van der Waals surface area (Å²) in [7, 11) is 0. The summed E-state index contributed by atoms with van der Waals surface area (Å²) in [5, 5.41) is 10.1. The van der Waals surface area contributed by atoms with Gasteiger partial charge in [0.15, 0.2) is 5.78 Å². The summed E-state index contributed by atoms with van der Waals surface area (Å²) in [6.07, 6.45) is 1.94. The van der Waals surface area contributed by atoms with E-state index in [-0.39, 0.29) is 12.4 Å². The van der Waals surface area contributed by atoms with E-state index in [2.05, 4.69) is 11.8 Å². The summed E-state index contributed by atoms with van der Waals surface area (Å²) in [5.41, 5.74) is 0.672. The summed E-state index contributed by atoms with van der Waals surface area (Å²) in [4.78, 5) is 13.5. The highest BCUT2D eigenvalue weighted by atomic mass is 16.5. The molecule has 1 saturated heterocycles. The van der Waals surface area contributed by atoms with Crippen LogP contribution >= 0.6 is 0 Å². The Balaban J connectivity index is 1.73. The van der Waals surface area contributed by atoms with Crippen LogP contribution in [0.1, 0.15) is 37.0 Å². The first-order chi connectivity index (χ1) is 10.0. The van der Waals surface area contributed by atoms with Crippen molar-refractivity contribution in [2.24, 2.45) is 5.92 Å². The zero-order valence-electron chi connectivity index (χ0n) is 12.9. The molecule has 0 radical (unpaired) electrons. The molecule has 1 aromatic rings. The molecule has 2 rings (SSSR count). The molecule has 1 N–H and O–H groups in total. The number of Topliss-reactive ketones (excluding diaryl/α,β-unsaturated/α-hetero) is 1. The second-order valence-corrected chi connectivity index (χ2v) is 6.03. The molecule has 0 saturated carbocycles. The van der Waals surface area contributed by atoms with E-state index in [1.807, 2.05) is 0 Å². The van der Waals surface area contributed by atoms with E-state index >= 15 is 0 Å². The van der Waals surface area contributed by atoms with E-state index in [1.165, 1.54) is 12.8 Å². The molecular formula is C17H25NO3. The normalized spacial score (nSPS) is 18.4. The molecule has 0 amide bonds. The monoisotopic (exact) mass is 291 g/mol. The van der Waals surface area contributed by atoms with E-state index in [0.717, 1.165) is 19.0 Å². The fourth-order valence-electron chi connectivity index (χ4n) is 2.57. The molecular weight excluding hydrogens is 266 g/mol. The number of ether oxygens (including phenoxy) is 1. The van der Waals surface area contributed by atoms with E-state index < -0.39 is 6.10 Å². The molecule has 1 heterocycles. The molecule has 1 aliphatic rings. The average Bonchev–Trinajstić information content (AvgIpc) is 2.48. The average molecular weight is 291 g/mol. The summed E-state index contributed by atoms with van der Waals surface area (Å²) >= 11 is 0. The van der Waals surface area contributed by atoms with Gasteiger partial charge >= 0.3 is 0 Å². The first-order valence-electron chi connectivity index (χ1n) is 7.69. The van der Waals surface area contributed by atoms with Crippen molar-refractivity contribution in [3.05, 3.63) is 29.8 Å². The van der Waals surface area contributed by atoms with Gasteiger partial charge in [-0.15, -0.1) is 0 Å². The van der Waals surface area contributed by atoms with E-state index in [0.29, 0.717) is 17.9 Å². The van der Waals surface area contributed by atoms with Gasteiger partial charge in [0.25, 0.3) is 0 Å². The van der Waals surface area contributed by atoms with Gasteiger partial charge < -0.3 is 14.7 Å². The number of carbonyl (C=O) groups is 1. The Morgan fingerprint density at radius 3 is 2.52 bits per heavy atom. The van der Waals surface area contributed by atoms with Crippen molar-refractivity contribution < 1.29 is 14.6 Å². The summed E-state index contributed by atoms with van der Waals surface area (Å²) in [6, 6.07) is 7.03. The van der Waals surface area contributed by atoms with Gasteiger partial charge in [-0.25, -0.2) is 0 Å². The molecule has 4 nitrogen and oxygen atoms in total. The SMILES string of the molecule is CC(=O)c1ccc(OC[C@H](O)CN2CCC(C)CC2)cc1. The van der Waals surface area contributed by atoms with Gasteiger partial charge in [-0.05, 0) is 63.0 Å². The van der Waals surface area contributed by atoms with Crippen molar-refractivity contribution in [2.45, 2.75) is 32.8 Å². The zero-order valence-corrected chi connectivity index (χ0v) is 12.9. The molecule has 0 spiro atoms. The molecule has 1 fully saturated rings. The number of nitrogens with zero attached hydrogens (tertiary/aromatic N) is 1. The molecule has 4 heteroatoms. The highest BCUT2D eigenvalue weighted by Gasteiger charge is 2.18. The number of aliphatic hydroxyl groups is 1. The fraction of sp³-hybridized carbons (Fsp3) is 0.588. The Hall–Kier alpha value is -1.39. The second kappa shape index (κ2) is 7.57. The molecule has 1 atom stereocenters. The first-order valence-corrected chi connectivity index (χ1v) is 7.69. The predicted octanol–water partition coefficient (Wildman–Crippen LogP) is 2.36. The number of hydrogen-bond acceptors (Lipinski definition) is 4. The van der Waals surface area contributed by atoms with Crippen molar-refractivity contribution in [3.63, 3.8) is 0 Å². The van der Waals surface area contributed by atoms with Gasteiger partial charge in [0.2, 0.25) is 0 Å². The third-order valence-electron chi connectivity index (χ3n) is 4.05. The Morgan fingerprint density at radius 2 is 1.95 bits per heavy atom. The highest BCUT2D eigenvalue weighted by molar-refractivity contribution is 5.94. The van der Waals surface area contributed by atoms with Crippen molar-refractivity contribution >= 4 is 5.78 Å². The maximum absolute atomic E-state index is 11.2. The van der Waals surface area contributed by atoms with E-state index in [4.69, 9.17) is 4.74 Å². The Kier molecular flexibility index (Phi) is 5.76. The maximum Gasteiger partial charge on any atom is 0.159 e. The van der Waals surface area contributed by atoms with Gasteiger partial charge in [0.05, 0.1) is 0 Å². The van der Waals surface area contributed by atoms with Crippen LogP contribution in [0.25, 0.3) is 0 Å². The van der Waals surface area contributed by atoms with Crippen LogP contribution in [-0.4, -0.2) is 48.1 Å². The van der Waals surface area contributed by atoms with Crippen molar-refractivity contribution in [1.82, 2.24) is 4.90 Å². The first kappa shape index (κ1) is 16.0. The van der Waals surface area contributed by atoms with Crippen LogP contribution in [0.4, 0.5) is 0 Å². The van der Waals surface area contributed by atoms with Gasteiger partial charge in [-0.3, -0.25) is 4.79 Å². The number of piperidine rings is 1. The number of benzene rings is 1. The van der Waals surface area contributed by atoms with Crippen LogP contribution in [0.5, 0.6) is 5.75 Å². The smallest absolute Gasteiger partial charge is 0.159 e. The van der Waals surface area contributed by atoms with Gasteiger partial charge in [-0.2, -0.15) is 0 Å². The fourth-order valence-corrected chi connectivity index (χ4v) is 2.57. The minimum Gasteiger partial charge on any atom is -0.491 e. The van der Waals surface area contributed by atoms with E-state index in [1.54, 1.807) is 31.2 Å². The molecule has 116 valence electrons. The number of hydrogen-bond donors (Lipinski definition) is 1. The quantitative estimate of drug-likeness (QED) is 0.818. The van der Waals surface area contributed by atoms with Gasteiger partial charge in [0.1, 0.15) is 18.5 Å². The van der Waals surface area contributed by atoms with Crippen LogP contribution in [0, 0.1) is 5.92 Å². The number of rotatable bonds is 6. The van der Waals surface area contributed by atoms with Crippen molar-refractivity contribution in [3.8, 4) is 5.75 Å². The van der Waals surface area contributed by atoms with Crippen LogP contribution in [-0.2, 0) is 0 Å². The highest BCUT2D eigenvalue weighted by Crippen LogP contribution is 2.16. The molecule has 0 aliphatic carbocycles. The lowest BCUT2D eigenvalue weighted by Gasteiger charge is -2.31. The lowest BCUT2D eigenvalue weighted by molar-refractivity contribution is 0.0563. The molecule has 21 heavy (non-hydrogen) atoms. The maximum atomic E-state index is 11.2.